The van der Waals surface area contributed by atoms with E-state index in [1.807, 2.05) is 6.92 Å². The van der Waals surface area contributed by atoms with Gasteiger partial charge in [-0.2, -0.15) is 0 Å². The summed E-state index contributed by atoms with van der Waals surface area (Å²) in [5, 5.41) is 16.4. The molecule has 0 aromatic heterocycles. The van der Waals surface area contributed by atoms with Crippen LogP contribution in [0, 0.1) is 17.0 Å². The van der Waals surface area contributed by atoms with Crippen molar-refractivity contribution in [3.05, 3.63) is 67.1 Å². The molecule has 2 aromatic rings. The SMILES string of the molecule is Cc1ccc(C(=O)NC(=S)Nc2ccc([N+](=O)[O-])cc2Br)c(Cl)c1. The number of hydrogen-bond acceptors (Lipinski definition) is 4. The molecule has 0 heterocycles. The molecule has 9 heteroatoms. The molecule has 0 atom stereocenters. The van der Waals surface area contributed by atoms with Crippen molar-refractivity contribution in [1.82, 2.24) is 5.32 Å². The lowest BCUT2D eigenvalue weighted by atomic mass is 10.1. The molecule has 0 aliphatic rings. The summed E-state index contributed by atoms with van der Waals surface area (Å²) >= 11 is 14.3. The van der Waals surface area contributed by atoms with Gasteiger partial charge in [-0.1, -0.05) is 17.7 Å². The van der Waals surface area contributed by atoms with Gasteiger partial charge >= 0.3 is 0 Å². The van der Waals surface area contributed by atoms with Crippen LogP contribution in [-0.4, -0.2) is 15.9 Å². The number of benzene rings is 2. The highest BCUT2D eigenvalue weighted by molar-refractivity contribution is 9.10. The monoisotopic (exact) mass is 427 g/mol. The van der Waals surface area contributed by atoms with Gasteiger partial charge in [0.15, 0.2) is 5.11 Å². The standard InChI is InChI=1S/C15H11BrClN3O3S/c1-8-2-4-10(12(17)6-8)14(21)19-15(24)18-13-5-3-9(20(22)23)7-11(13)16/h2-7H,1H3,(H2,18,19,21,24). The van der Waals surface area contributed by atoms with Crippen LogP contribution in [0.3, 0.4) is 0 Å². The van der Waals surface area contributed by atoms with Crippen LogP contribution in [0.25, 0.3) is 0 Å². The van der Waals surface area contributed by atoms with Gasteiger partial charge in [-0.05, 0) is 58.8 Å². The minimum Gasteiger partial charge on any atom is -0.331 e. The fourth-order valence-corrected chi connectivity index (χ4v) is 2.84. The lowest BCUT2D eigenvalue weighted by molar-refractivity contribution is -0.384. The van der Waals surface area contributed by atoms with E-state index in [-0.39, 0.29) is 10.8 Å². The Morgan fingerprint density at radius 3 is 2.58 bits per heavy atom. The van der Waals surface area contributed by atoms with Crippen molar-refractivity contribution in [2.75, 3.05) is 5.32 Å². The first-order valence-electron chi connectivity index (χ1n) is 6.60. The van der Waals surface area contributed by atoms with Crippen LogP contribution in [-0.2, 0) is 0 Å². The van der Waals surface area contributed by atoms with Crippen LogP contribution in [0.2, 0.25) is 5.02 Å². The van der Waals surface area contributed by atoms with E-state index in [4.69, 9.17) is 23.8 Å². The van der Waals surface area contributed by atoms with Gasteiger partial charge in [0, 0.05) is 16.6 Å². The number of amides is 1. The number of thiocarbonyl (C=S) groups is 1. The van der Waals surface area contributed by atoms with E-state index >= 15 is 0 Å². The summed E-state index contributed by atoms with van der Waals surface area (Å²) in [5.74, 6) is -0.449. The normalized spacial score (nSPS) is 10.1. The van der Waals surface area contributed by atoms with Crippen molar-refractivity contribution in [2.45, 2.75) is 6.92 Å². The van der Waals surface area contributed by atoms with E-state index in [2.05, 4.69) is 26.6 Å². The Labute approximate surface area is 156 Å². The topological polar surface area (TPSA) is 84.3 Å². The van der Waals surface area contributed by atoms with Gasteiger partial charge in [0.05, 0.1) is 21.2 Å². The first-order chi connectivity index (χ1) is 11.3. The third-order valence-electron chi connectivity index (χ3n) is 3.01. The zero-order valence-electron chi connectivity index (χ0n) is 12.3. The minimum atomic E-state index is -0.506. The molecule has 0 saturated heterocycles. The Morgan fingerprint density at radius 1 is 1.29 bits per heavy atom. The molecule has 124 valence electrons. The lowest BCUT2D eigenvalue weighted by Crippen LogP contribution is -2.34. The molecule has 2 rings (SSSR count). The lowest BCUT2D eigenvalue weighted by Gasteiger charge is -2.11. The highest BCUT2D eigenvalue weighted by Gasteiger charge is 2.14. The van der Waals surface area contributed by atoms with E-state index in [1.165, 1.54) is 18.2 Å². The average Bonchev–Trinajstić information content (AvgIpc) is 2.48. The zero-order valence-corrected chi connectivity index (χ0v) is 15.5. The summed E-state index contributed by atoms with van der Waals surface area (Å²) in [6.45, 7) is 1.87. The molecular weight excluding hydrogens is 418 g/mol. The molecule has 0 aliphatic carbocycles. The van der Waals surface area contributed by atoms with Gasteiger partial charge < -0.3 is 5.32 Å². The van der Waals surface area contributed by atoms with Crippen molar-refractivity contribution >= 4 is 62.1 Å². The molecule has 0 bridgehead atoms. The Morgan fingerprint density at radius 2 is 2.00 bits per heavy atom. The molecule has 2 N–H and O–H groups in total. The number of aryl methyl sites for hydroxylation is 1. The van der Waals surface area contributed by atoms with Gasteiger partial charge in [-0.3, -0.25) is 20.2 Å². The predicted octanol–water partition coefficient (Wildman–Crippen LogP) is 4.45. The summed E-state index contributed by atoms with van der Waals surface area (Å²) in [6.07, 6.45) is 0. The number of rotatable bonds is 3. The summed E-state index contributed by atoms with van der Waals surface area (Å²) in [5.41, 5.74) is 1.66. The number of anilines is 1. The highest BCUT2D eigenvalue weighted by Crippen LogP contribution is 2.27. The molecule has 6 nitrogen and oxygen atoms in total. The maximum absolute atomic E-state index is 12.2. The Balaban J connectivity index is 2.08. The van der Waals surface area contributed by atoms with Crippen LogP contribution in [0.15, 0.2) is 40.9 Å². The van der Waals surface area contributed by atoms with Crippen LogP contribution in [0.1, 0.15) is 15.9 Å². The number of non-ortho nitro benzene ring substituents is 1. The fraction of sp³-hybridized carbons (Fsp3) is 0.0667. The van der Waals surface area contributed by atoms with E-state index in [9.17, 15) is 14.9 Å². The average molecular weight is 429 g/mol. The van der Waals surface area contributed by atoms with Gasteiger partial charge in [0.1, 0.15) is 0 Å². The van der Waals surface area contributed by atoms with Crippen LogP contribution in [0.5, 0.6) is 0 Å². The number of hydrogen-bond donors (Lipinski definition) is 2. The number of carbonyl (C=O) groups excluding carboxylic acids is 1. The quantitative estimate of drug-likeness (QED) is 0.429. The van der Waals surface area contributed by atoms with Gasteiger partial charge in [0.2, 0.25) is 0 Å². The number of halogens is 2. The second-order valence-corrected chi connectivity index (χ2v) is 6.48. The Hall–Kier alpha value is -2.03. The second kappa shape index (κ2) is 7.69. The third-order valence-corrected chi connectivity index (χ3v) is 4.18. The number of nitrogens with zero attached hydrogens (tertiary/aromatic N) is 1. The van der Waals surface area contributed by atoms with E-state index in [1.54, 1.807) is 18.2 Å². The highest BCUT2D eigenvalue weighted by atomic mass is 79.9. The molecule has 0 radical (unpaired) electrons. The van der Waals surface area contributed by atoms with Crippen molar-refractivity contribution in [3.8, 4) is 0 Å². The third kappa shape index (κ3) is 4.50. The Kier molecular flexibility index (Phi) is 5.87. The largest absolute Gasteiger partial charge is 0.331 e. The fourth-order valence-electron chi connectivity index (χ4n) is 1.85. The molecule has 0 spiro atoms. The van der Waals surface area contributed by atoms with E-state index in [0.29, 0.717) is 20.7 Å². The van der Waals surface area contributed by atoms with Gasteiger partial charge in [-0.25, -0.2) is 0 Å². The van der Waals surface area contributed by atoms with Crippen molar-refractivity contribution < 1.29 is 9.72 Å². The van der Waals surface area contributed by atoms with Crippen LogP contribution in [0.4, 0.5) is 11.4 Å². The smallest absolute Gasteiger partial charge is 0.270 e. The van der Waals surface area contributed by atoms with Crippen LogP contribution >= 0.6 is 39.7 Å². The van der Waals surface area contributed by atoms with Crippen molar-refractivity contribution in [1.29, 1.82) is 0 Å². The zero-order chi connectivity index (χ0) is 17.9. The second-order valence-electron chi connectivity index (χ2n) is 4.81. The number of carbonyl (C=O) groups is 1. The number of nitrogens with one attached hydrogen (secondary N) is 2. The summed E-state index contributed by atoms with van der Waals surface area (Å²) in [7, 11) is 0. The first kappa shape index (κ1) is 18.3. The van der Waals surface area contributed by atoms with Crippen molar-refractivity contribution in [2.24, 2.45) is 0 Å². The molecule has 24 heavy (non-hydrogen) atoms. The molecule has 0 fully saturated rings. The molecule has 1 amide bonds. The summed E-state index contributed by atoms with van der Waals surface area (Å²) in [4.78, 5) is 22.4. The Bertz CT molecular complexity index is 845. The van der Waals surface area contributed by atoms with Gasteiger partial charge in [-0.15, -0.1) is 0 Å². The predicted molar refractivity (Wildman–Crippen MR) is 101 cm³/mol. The van der Waals surface area contributed by atoms with E-state index < -0.39 is 10.8 Å². The van der Waals surface area contributed by atoms with E-state index in [0.717, 1.165) is 5.56 Å². The maximum atomic E-state index is 12.2. The van der Waals surface area contributed by atoms with Gasteiger partial charge in [0.25, 0.3) is 11.6 Å². The minimum absolute atomic E-state index is 0.0474. The molecule has 0 saturated carbocycles. The van der Waals surface area contributed by atoms with Crippen LogP contribution < -0.4 is 10.6 Å². The maximum Gasteiger partial charge on any atom is 0.270 e. The summed E-state index contributed by atoms with van der Waals surface area (Å²) < 4.78 is 0.446. The molecule has 0 unspecified atom stereocenters. The molecule has 0 aliphatic heterocycles. The van der Waals surface area contributed by atoms with Crippen molar-refractivity contribution in [3.63, 3.8) is 0 Å². The molecular formula is C15H11BrClN3O3S. The number of nitro groups is 1. The number of nitro benzene ring substituents is 1. The molecule has 2 aromatic carbocycles. The first-order valence-corrected chi connectivity index (χ1v) is 8.18. The summed E-state index contributed by atoms with van der Waals surface area (Å²) in [6, 6.07) is 9.21.